The van der Waals surface area contributed by atoms with Crippen LogP contribution < -0.4 is 0 Å². The minimum absolute atomic E-state index is 0.206. The minimum Gasteiger partial charge on any atom is -0.364 e. The Morgan fingerprint density at radius 1 is 0.929 bits per heavy atom. The van der Waals surface area contributed by atoms with Crippen molar-refractivity contribution >= 4 is 5.84 Å². The second kappa shape index (κ2) is 5.82. The second-order valence-corrected chi connectivity index (χ2v) is 9.19. The van der Waals surface area contributed by atoms with Gasteiger partial charge in [-0.25, -0.2) is 4.39 Å². The Morgan fingerprint density at radius 3 is 2.21 bits per heavy atom. The molecule has 3 nitrogen and oxygen atoms in total. The Morgan fingerprint density at radius 2 is 1.57 bits per heavy atom. The van der Waals surface area contributed by atoms with Crippen LogP contribution in [-0.2, 0) is 11.4 Å². The highest BCUT2D eigenvalue weighted by Crippen LogP contribution is 2.64. The molecule has 1 aliphatic heterocycles. The second-order valence-electron chi connectivity index (χ2n) is 9.19. The summed E-state index contributed by atoms with van der Waals surface area (Å²) in [4.78, 5) is 8.73. The van der Waals surface area contributed by atoms with Crippen LogP contribution in [-0.4, -0.2) is 22.1 Å². The van der Waals surface area contributed by atoms with Crippen LogP contribution in [0.1, 0.15) is 43.2 Å². The molecule has 144 valence electrons. The molecule has 4 fully saturated rings. The van der Waals surface area contributed by atoms with E-state index in [0.29, 0.717) is 18.8 Å². The van der Waals surface area contributed by atoms with E-state index in [9.17, 15) is 0 Å². The van der Waals surface area contributed by atoms with E-state index in [1.54, 1.807) is 0 Å². The molecule has 3 unspecified atom stereocenters. The highest BCUT2D eigenvalue weighted by atomic mass is 19.1. The monoisotopic (exact) mass is 376 g/mol. The van der Waals surface area contributed by atoms with Crippen LogP contribution in [0.4, 0.5) is 4.39 Å². The Kier molecular flexibility index (Phi) is 3.45. The first kappa shape index (κ1) is 16.6. The SMILES string of the molecule is FC12CC3C[C@H](C1)C1(ON=C(c4ccccc4)N1Cc1ccccc1)[C@@H](C3)C2. The molecule has 0 saturated heterocycles. The van der Waals surface area contributed by atoms with Crippen molar-refractivity contribution in [1.29, 1.82) is 0 Å². The van der Waals surface area contributed by atoms with E-state index < -0.39 is 11.4 Å². The van der Waals surface area contributed by atoms with Gasteiger partial charge < -0.3 is 9.74 Å². The van der Waals surface area contributed by atoms with Gasteiger partial charge in [-0.2, -0.15) is 0 Å². The normalized spacial score (nSPS) is 38.0. The van der Waals surface area contributed by atoms with Gasteiger partial charge in [-0.1, -0.05) is 65.8 Å². The Bertz CT molecular complexity index is 897. The van der Waals surface area contributed by atoms with Crippen molar-refractivity contribution in [2.24, 2.45) is 22.9 Å². The number of hydrogen-bond acceptors (Lipinski definition) is 3. The average Bonchev–Trinajstić information content (AvgIpc) is 3.06. The number of oxime groups is 1. The zero-order chi connectivity index (χ0) is 18.8. The van der Waals surface area contributed by atoms with Gasteiger partial charge in [0.2, 0.25) is 5.72 Å². The summed E-state index contributed by atoms with van der Waals surface area (Å²) in [5, 5.41) is 4.63. The van der Waals surface area contributed by atoms with Gasteiger partial charge >= 0.3 is 0 Å². The van der Waals surface area contributed by atoms with Crippen LogP contribution >= 0.6 is 0 Å². The van der Waals surface area contributed by atoms with E-state index in [4.69, 9.17) is 4.84 Å². The van der Waals surface area contributed by atoms with Gasteiger partial charge in [-0.3, -0.25) is 0 Å². The maximum Gasteiger partial charge on any atom is 0.217 e. The fraction of sp³-hybridized carbons (Fsp3) is 0.458. The van der Waals surface area contributed by atoms with E-state index in [-0.39, 0.29) is 11.8 Å². The molecule has 4 saturated carbocycles. The molecule has 5 atom stereocenters. The van der Waals surface area contributed by atoms with Crippen LogP contribution in [0.15, 0.2) is 65.8 Å². The number of hydrogen-bond donors (Lipinski definition) is 0. The summed E-state index contributed by atoms with van der Waals surface area (Å²) in [5.41, 5.74) is 0.825. The molecule has 0 aromatic heterocycles. The van der Waals surface area contributed by atoms with Crippen molar-refractivity contribution in [3.05, 3.63) is 71.8 Å². The third kappa shape index (κ3) is 2.30. The zero-order valence-corrected chi connectivity index (χ0v) is 15.9. The number of rotatable bonds is 3. The summed E-state index contributed by atoms with van der Waals surface area (Å²) in [6, 6.07) is 20.8. The predicted molar refractivity (Wildman–Crippen MR) is 106 cm³/mol. The Hall–Kier alpha value is -2.36. The van der Waals surface area contributed by atoms with Gasteiger partial charge in [0, 0.05) is 23.9 Å². The summed E-state index contributed by atoms with van der Waals surface area (Å²) in [5.74, 6) is 1.82. The fourth-order valence-corrected chi connectivity index (χ4v) is 6.58. The molecule has 4 aliphatic carbocycles. The van der Waals surface area contributed by atoms with Crippen LogP contribution in [0.5, 0.6) is 0 Å². The number of alkyl halides is 1. The van der Waals surface area contributed by atoms with Crippen molar-refractivity contribution < 1.29 is 9.23 Å². The highest BCUT2D eigenvalue weighted by Gasteiger charge is 2.68. The molecule has 4 heteroatoms. The lowest BCUT2D eigenvalue weighted by Crippen LogP contribution is -2.68. The highest BCUT2D eigenvalue weighted by molar-refractivity contribution is 5.99. The predicted octanol–water partition coefficient (Wildman–Crippen LogP) is 5.13. The molecule has 7 rings (SSSR count). The van der Waals surface area contributed by atoms with Gasteiger partial charge in [0.05, 0.1) is 0 Å². The average molecular weight is 376 g/mol. The van der Waals surface area contributed by atoms with Crippen LogP contribution in [0.25, 0.3) is 0 Å². The molecule has 0 radical (unpaired) electrons. The van der Waals surface area contributed by atoms with Gasteiger partial charge in [0.25, 0.3) is 0 Å². The van der Waals surface area contributed by atoms with Crippen molar-refractivity contribution in [2.75, 3.05) is 0 Å². The first-order chi connectivity index (χ1) is 13.7. The number of halogens is 1. The summed E-state index contributed by atoms with van der Waals surface area (Å²) < 4.78 is 15.4. The Balaban J connectivity index is 1.43. The number of nitrogens with zero attached hydrogens (tertiary/aromatic N) is 2. The lowest BCUT2D eigenvalue weighted by molar-refractivity contribution is -0.266. The van der Waals surface area contributed by atoms with E-state index in [1.165, 1.54) is 5.56 Å². The summed E-state index contributed by atoms with van der Waals surface area (Å²) in [6.07, 6.45) is 4.10. The summed E-state index contributed by atoms with van der Waals surface area (Å²) in [6.45, 7) is 0.742. The lowest BCUT2D eigenvalue weighted by Gasteiger charge is -2.62. The van der Waals surface area contributed by atoms with Crippen molar-refractivity contribution in [2.45, 2.75) is 50.0 Å². The molecule has 1 spiro atoms. The molecule has 2 aromatic carbocycles. The molecular formula is C24H25FN2O. The van der Waals surface area contributed by atoms with E-state index in [1.807, 2.05) is 24.3 Å². The first-order valence-corrected chi connectivity index (χ1v) is 10.5. The number of benzene rings is 2. The maximum absolute atomic E-state index is 15.4. The molecule has 0 amide bonds. The molecule has 1 heterocycles. The lowest BCUT2D eigenvalue weighted by atomic mass is 9.51. The smallest absolute Gasteiger partial charge is 0.217 e. The van der Waals surface area contributed by atoms with Crippen LogP contribution in [0.2, 0.25) is 0 Å². The topological polar surface area (TPSA) is 24.8 Å². The van der Waals surface area contributed by atoms with E-state index in [2.05, 4.69) is 46.5 Å². The molecule has 5 aliphatic rings. The number of amidine groups is 1. The van der Waals surface area contributed by atoms with Crippen LogP contribution in [0.3, 0.4) is 0 Å². The Labute approximate surface area is 165 Å². The van der Waals surface area contributed by atoms with Crippen molar-refractivity contribution in [3.63, 3.8) is 0 Å². The zero-order valence-electron chi connectivity index (χ0n) is 15.9. The third-order valence-corrected chi connectivity index (χ3v) is 7.46. The molecule has 0 N–H and O–H groups in total. The van der Waals surface area contributed by atoms with Crippen LogP contribution in [0, 0.1) is 17.8 Å². The standard InChI is InChI=1S/C24H25FN2O/c25-23-13-18-11-20(14-23)24(21(12-18)15-23)27(16-17-7-3-1-4-8-17)22(26-28-24)19-9-5-2-6-10-19/h1-10,18,20-21H,11-16H2/t18?,20-,21+,23?,24?. The minimum atomic E-state index is -0.987. The molecule has 4 bridgehead atoms. The van der Waals surface area contributed by atoms with E-state index >= 15 is 4.39 Å². The van der Waals surface area contributed by atoms with Gasteiger partial charge in [-0.05, 0) is 43.6 Å². The summed E-state index contributed by atoms with van der Waals surface area (Å²) >= 11 is 0. The molecule has 2 aromatic rings. The largest absolute Gasteiger partial charge is 0.364 e. The van der Waals surface area contributed by atoms with Crippen molar-refractivity contribution in [1.82, 2.24) is 4.90 Å². The van der Waals surface area contributed by atoms with Gasteiger partial charge in [0.15, 0.2) is 5.84 Å². The quantitative estimate of drug-likeness (QED) is 0.742. The van der Waals surface area contributed by atoms with Gasteiger partial charge in [-0.15, -0.1) is 0 Å². The fourth-order valence-electron chi connectivity index (χ4n) is 6.58. The van der Waals surface area contributed by atoms with E-state index in [0.717, 1.165) is 37.2 Å². The first-order valence-electron chi connectivity index (χ1n) is 10.5. The van der Waals surface area contributed by atoms with Gasteiger partial charge in [0.1, 0.15) is 5.67 Å². The molecular weight excluding hydrogens is 351 g/mol. The summed E-state index contributed by atoms with van der Waals surface area (Å²) in [7, 11) is 0. The maximum atomic E-state index is 15.4. The van der Waals surface area contributed by atoms with Crippen molar-refractivity contribution in [3.8, 4) is 0 Å². The molecule has 28 heavy (non-hydrogen) atoms. The third-order valence-electron chi connectivity index (χ3n) is 7.46.